The first kappa shape index (κ1) is 24.3. The molecular formula is C26H31NO6. The van der Waals surface area contributed by atoms with Crippen molar-refractivity contribution in [1.82, 2.24) is 5.32 Å². The molecule has 0 heterocycles. The average molecular weight is 454 g/mol. The normalized spacial score (nSPS) is 16.0. The van der Waals surface area contributed by atoms with Crippen molar-refractivity contribution in [2.24, 2.45) is 0 Å². The van der Waals surface area contributed by atoms with Crippen molar-refractivity contribution in [2.45, 2.75) is 69.9 Å². The number of benzene rings is 2. The Balaban J connectivity index is 1.70. The molecule has 1 atom stereocenters. The quantitative estimate of drug-likeness (QED) is 0.593. The first-order chi connectivity index (χ1) is 15.6. The van der Waals surface area contributed by atoms with E-state index in [0.717, 1.165) is 36.8 Å². The number of para-hydroxylation sites is 1. The molecule has 7 nitrogen and oxygen atoms in total. The first-order valence-corrected chi connectivity index (χ1v) is 11.2. The topological polar surface area (TPSA) is 102 Å². The van der Waals surface area contributed by atoms with Crippen LogP contribution >= 0.6 is 0 Å². The van der Waals surface area contributed by atoms with E-state index >= 15 is 0 Å². The molecular weight excluding hydrogens is 422 g/mol. The number of carbonyl (C=O) groups is 3. The van der Waals surface area contributed by atoms with Crippen LogP contribution in [0.25, 0.3) is 0 Å². The molecule has 33 heavy (non-hydrogen) atoms. The van der Waals surface area contributed by atoms with Gasteiger partial charge in [-0.25, -0.2) is 9.59 Å². The lowest BCUT2D eigenvalue weighted by Gasteiger charge is -2.31. The minimum absolute atomic E-state index is 0.0823. The fourth-order valence-corrected chi connectivity index (χ4v) is 4.13. The van der Waals surface area contributed by atoms with Crippen LogP contribution < -0.4 is 10.1 Å². The minimum Gasteiger partial charge on any atom is -0.480 e. The maximum atomic E-state index is 13.0. The first-order valence-electron chi connectivity index (χ1n) is 11.2. The Morgan fingerprint density at radius 2 is 1.61 bits per heavy atom. The van der Waals surface area contributed by atoms with Crippen LogP contribution in [0.15, 0.2) is 54.6 Å². The smallest absolute Gasteiger partial charge is 0.413 e. The third-order valence-corrected chi connectivity index (χ3v) is 5.74. The van der Waals surface area contributed by atoms with Crippen LogP contribution in [0.5, 0.6) is 5.75 Å². The summed E-state index contributed by atoms with van der Waals surface area (Å²) in [4.78, 5) is 36.9. The molecule has 1 unspecified atom stereocenters. The van der Waals surface area contributed by atoms with Crippen molar-refractivity contribution in [2.75, 3.05) is 0 Å². The summed E-state index contributed by atoms with van der Waals surface area (Å²) >= 11 is 0. The number of aliphatic carboxylic acids is 1. The van der Waals surface area contributed by atoms with Gasteiger partial charge in [0, 0.05) is 6.42 Å². The predicted molar refractivity (Wildman–Crippen MR) is 123 cm³/mol. The van der Waals surface area contributed by atoms with Gasteiger partial charge in [0.1, 0.15) is 17.4 Å². The standard InChI is InChI=1S/C26H31NO6/c1-25(2,3)33-23(30)26(15-7-8-16-26)19-13-11-18(12-14-19)17-21(22(28)29)27-24(31)32-20-9-5-4-6-10-20/h4-6,9-14,21H,7-8,15-17H2,1-3H3,(H,27,31)(H,28,29). The van der Waals surface area contributed by atoms with E-state index in [1.165, 1.54) is 0 Å². The monoisotopic (exact) mass is 453 g/mol. The van der Waals surface area contributed by atoms with E-state index in [0.29, 0.717) is 5.75 Å². The molecule has 0 aromatic heterocycles. The van der Waals surface area contributed by atoms with Crippen molar-refractivity contribution < 1.29 is 29.0 Å². The van der Waals surface area contributed by atoms with Gasteiger partial charge in [0.25, 0.3) is 0 Å². The second-order valence-corrected chi connectivity index (χ2v) is 9.43. The molecule has 1 aliphatic carbocycles. The molecule has 2 aromatic rings. The van der Waals surface area contributed by atoms with E-state index in [2.05, 4.69) is 5.32 Å². The Bertz CT molecular complexity index is 972. The van der Waals surface area contributed by atoms with E-state index < -0.39 is 29.1 Å². The number of hydrogen-bond donors (Lipinski definition) is 2. The zero-order valence-corrected chi connectivity index (χ0v) is 19.3. The van der Waals surface area contributed by atoms with Crippen LogP contribution in [0.1, 0.15) is 57.6 Å². The highest BCUT2D eigenvalue weighted by atomic mass is 16.6. The van der Waals surface area contributed by atoms with Crippen molar-refractivity contribution in [3.8, 4) is 5.75 Å². The third kappa shape index (κ3) is 6.34. The molecule has 3 rings (SSSR count). The van der Waals surface area contributed by atoms with E-state index in [-0.39, 0.29) is 12.4 Å². The maximum absolute atomic E-state index is 13.0. The summed E-state index contributed by atoms with van der Waals surface area (Å²) in [5.41, 5.74) is 0.363. The van der Waals surface area contributed by atoms with Crippen molar-refractivity contribution in [3.63, 3.8) is 0 Å². The average Bonchev–Trinajstić information content (AvgIpc) is 3.24. The Morgan fingerprint density at radius 1 is 1.00 bits per heavy atom. The number of carbonyl (C=O) groups excluding carboxylic acids is 2. The van der Waals surface area contributed by atoms with Gasteiger partial charge in [0.2, 0.25) is 0 Å². The van der Waals surface area contributed by atoms with E-state index in [1.54, 1.807) is 42.5 Å². The molecule has 2 N–H and O–H groups in total. The van der Waals surface area contributed by atoms with Crippen molar-refractivity contribution in [1.29, 1.82) is 0 Å². The van der Waals surface area contributed by atoms with Crippen LogP contribution in [0.4, 0.5) is 4.79 Å². The van der Waals surface area contributed by atoms with Gasteiger partial charge in [-0.15, -0.1) is 0 Å². The Labute approximate surface area is 194 Å². The van der Waals surface area contributed by atoms with Gasteiger partial charge in [-0.3, -0.25) is 4.79 Å². The number of hydrogen-bond acceptors (Lipinski definition) is 5. The SMILES string of the molecule is CC(C)(C)OC(=O)C1(c2ccc(CC(NC(=O)Oc3ccccc3)C(=O)O)cc2)CCCC1. The summed E-state index contributed by atoms with van der Waals surface area (Å²) in [7, 11) is 0. The molecule has 0 spiro atoms. The molecule has 0 bridgehead atoms. The molecule has 7 heteroatoms. The number of nitrogens with one attached hydrogen (secondary N) is 1. The van der Waals surface area contributed by atoms with Gasteiger partial charge >= 0.3 is 18.0 Å². The predicted octanol–water partition coefficient (Wildman–Crippen LogP) is 4.62. The largest absolute Gasteiger partial charge is 0.480 e. The highest BCUT2D eigenvalue weighted by molar-refractivity contribution is 5.84. The summed E-state index contributed by atoms with van der Waals surface area (Å²) in [5, 5.41) is 12.0. The molecule has 1 fully saturated rings. The highest BCUT2D eigenvalue weighted by Crippen LogP contribution is 2.43. The van der Waals surface area contributed by atoms with Gasteiger partial charge < -0.3 is 19.9 Å². The highest BCUT2D eigenvalue weighted by Gasteiger charge is 2.45. The van der Waals surface area contributed by atoms with Gasteiger partial charge in [-0.1, -0.05) is 55.3 Å². The van der Waals surface area contributed by atoms with Gasteiger partial charge in [-0.05, 0) is 56.9 Å². The number of rotatable bonds is 7. The summed E-state index contributed by atoms with van der Waals surface area (Å²) in [5.74, 6) is -1.05. The lowest BCUT2D eigenvalue weighted by Crippen LogP contribution is -2.43. The minimum atomic E-state index is -1.16. The summed E-state index contributed by atoms with van der Waals surface area (Å²) < 4.78 is 10.9. The Kier molecular flexibility index (Phi) is 7.41. The van der Waals surface area contributed by atoms with Crippen LogP contribution in [-0.2, 0) is 26.2 Å². The van der Waals surface area contributed by atoms with Crippen LogP contribution in [0.2, 0.25) is 0 Å². The summed E-state index contributed by atoms with van der Waals surface area (Å²) in [6, 6.07) is 14.6. The van der Waals surface area contributed by atoms with Gasteiger partial charge in [0.15, 0.2) is 0 Å². The number of ether oxygens (including phenoxy) is 2. The van der Waals surface area contributed by atoms with Crippen LogP contribution in [0.3, 0.4) is 0 Å². The summed E-state index contributed by atoms with van der Waals surface area (Å²) in [6.45, 7) is 5.58. The molecule has 1 saturated carbocycles. The van der Waals surface area contributed by atoms with E-state index in [4.69, 9.17) is 9.47 Å². The molecule has 0 saturated heterocycles. The maximum Gasteiger partial charge on any atom is 0.413 e. The zero-order valence-electron chi connectivity index (χ0n) is 19.3. The van der Waals surface area contributed by atoms with Crippen molar-refractivity contribution >= 4 is 18.0 Å². The lowest BCUT2D eigenvalue weighted by atomic mass is 9.78. The number of carboxylic acid groups (broad SMARTS) is 1. The second kappa shape index (κ2) is 10.1. The van der Waals surface area contributed by atoms with Crippen LogP contribution in [-0.4, -0.2) is 34.8 Å². The Morgan fingerprint density at radius 3 is 2.15 bits per heavy atom. The number of amides is 1. The molecule has 1 amide bonds. The molecule has 176 valence electrons. The molecule has 2 aromatic carbocycles. The van der Waals surface area contributed by atoms with Gasteiger partial charge in [-0.2, -0.15) is 0 Å². The second-order valence-electron chi connectivity index (χ2n) is 9.43. The lowest BCUT2D eigenvalue weighted by molar-refractivity contribution is -0.162. The molecule has 1 aliphatic rings. The molecule has 0 aliphatic heterocycles. The van der Waals surface area contributed by atoms with E-state index in [9.17, 15) is 19.5 Å². The molecule has 0 radical (unpaired) electrons. The van der Waals surface area contributed by atoms with Crippen molar-refractivity contribution in [3.05, 3.63) is 65.7 Å². The van der Waals surface area contributed by atoms with Crippen LogP contribution in [0, 0.1) is 0 Å². The zero-order chi connectivity index (χ0) is 24.1. The number of carboxylic acids is 1. The van der Waals surface area contributed by atoms with Gasteiger partial charge in [0.05, 0.1) is 5.41 Å². The fraction of sp³-hybridized carbons (Fsp3) is 0.423. The fourth-order valence-electron chi connectivity index (χ4n) is 4.13. The number of esters is 1. The summed E-state index contributed by atoms with van der Waals surface area (Å²) in [6.07, 6.45) is 2.61. The Hall–Kier alpha value is -3.35. The third-order valence-electron chi connectivity index (χ3n) is 5.74. The van der Waals surface area contributed by atoms with E-state index in [1.807, 2.05) is 32.9 Å².